The number of aromatic amines is 1. The van der Waals surface area contributed by atoms with E-state index in [0.29, 0.717) is 6.54 Å². The van der Waals surface area contributed by atoms with Crippen molar-refractivity contribution in [1.82, 2.24) is 25.1 Å². The highest BCUT2D eigenvalue weighted by Gasteiger charge is 2.24. The highest BCUT2D eigenvalue weighted by molar-refractivity contribution is 5.92. The van der Waals surface area contributed by atoms with Crippen LogP contribution in [0.1, 0.15) is 29.8 Å². The van der Waals surface area contributed by atoms with Gasteiger partial charge in [0.2, 0.25) is 0 Å². The zero-order chi connectivity index (χ0) is 17.8. The second kappa shape index (κ2) is 7.29. The number of aryl methyl sites for hydroxylation is 1. The Balaban J connectivity index is 1.71. The van der Waals surface area contributed by atoms with E-state index in [-0.39, 0.29) is 28.8 Å². The summed E-state index contributed by atoms with van der Waals surface area (Å²) in [4.78, 5) is 43.3. The maximum absolute atomic E-state index is 12.2. The number of rotatable bonds is 4. The van der Waals surface area contributed by atoms with Gasteiger partial charge in [-0.3, -0.25) is 14.4 Å². The number of anilines is 1. The average molecular weight is 344 g/mol. The maximum atomic E-state index is 12.2. The topological polar surface area (TPSA) is 113 Å². The first-order valence-corrected chi connectivity index (χ1v) is 8.18. The molecule has 25 heavy (non-hydrogen) atoms. The van der Waals surface area contributed by atoms with E-state index < -0.39 is 0 Å². The van der Waals surface area contributed by atoms with Gasteiger partial charge in [-0.15, -0.1) is 0 Å². The summed E-state index contributed by atoms with van der Waals surface area (Å²) in [5.74, 6) is 0.334. The van der Waals surface area contributed by atoms with E-state index in [1.165, 1.54) is 23.1 Å². The lowest BCUT2D eigenvalue weighted by atomic mass is 10.0. The monoisotopic (exact) mass is 344 g/mol. The average Bonchev–Trinajstić information content (AvgIpc) is 2.62. The van der Waals surface area contributed by atoms with Crippen LogP contribution in [0.3, 0.4) is 0 Å². The fourth-order valence-corrected chi connectivity index (χ4v) is 2.95. The van der Waals surface area contributed by atoms with Gasteiger partial charge in [-0.25, -0.2) is 9.67 Å². The van der Waals surface area contributed by atoms with Crippen LogP contribution in [-0.2, 0) is 7.05 Å². The lowest BCUT2D eigenvalue weighted by Gasteiger charge is -2.36. The number of amides is 1. The molecule has 1 saturated heterocycles. The number of carbonyl (C=O) groups is 1. The normalized spacial score (nSPS) is 17.3. The van der Waals surface area contributed by atoms with Crippen LogP contribution in [0, 0.1) is 0 Å². The molecule has 3 rings (SSSR count). The van der Waals surface area contributed by atoms with Crippen molar-refractivity contribution < 1.29 is 4.79 Å². The van der Waals surface area contributed by atoms with Crippen molar-refractivity contribution in [3.05, 3.63) is 50.9 Å². The Morgan fingerprint density at radius 3 is 2.96 bits per heavy atom. The number of hydrogen-bond donors (Lipinski definition) is 2. The molecule has 0 spiro atoms. The van der Waals surface area contributed by atoms with Crippen LogP contribution >= 0.6 is 0 Å². The quantitative estimate of drug-likeness (QED) is 0.784. The van der Waals surface area contributed by atoms with Crippen molar-refractivity contribution in [1.29, 1.82) is 0 Å². The van der Waals surface area contributed by atoms with Crippen molar-refractivity contribution in [3.63, 3.8) is 0 Å². The van der Waals surface area contributed by atoms with Crippen molar-refractivity contribution in [2.24, 2.45) is 7.05 Å². The summed E-state index contributed by atoms with van der Waals surface area (Å²) in [7, 11) is 1.62. The Bertz CT molecular complexity index is 874. The van der Waals surface area contributed by atoms with Crippen molar-refractivity contribution in [2.75, 3.05) is 18.0 Å². The third-order valence-corrected chi connectivity index (χ3v) is 4.28. The van der Waals surface area contributed by atoms with Gasteiger partial charge in [0, 0.05) is 38.3 Å². The molecule has 2 aromatic heterocycles. The number of hydrogen-bond acceptors (Lipinski definition) is 6. The molecule has 9 heteroatoms. The third kappa shape index (κ3) is 3.93. The number of H-pyrrole nitrogens is 1. The summed E-state index contributed by atoms with van der Waals surface area (Å²) in [6, 6.07) is 4.44. The van der Waals surface area contributed by atoms with Crippen LogP contribution in [0.4, 0.5) is 5.82 Å². The lowest BCUT2D eigenvalue weighted by molar-refractivity contribution is 0.0944. The molecule has 1 amide bonds. The zero-order valence-corrected chi connectivity index (χ0v) is 13.9. The van der Waals surface area contributed by atoms with E-state index in [4.69, 9.17) is 0 Å². The molecule has 3 heterocycles. The minimum atomic E-state index is -0.384. The van der Waals surface area contributed by atoms with Gasteiger partial charge in [-0.05, 0) is 25.3 Å². The first-order valence-electron chi connectivity index (χ1n) is 8.18. The first kappa shape index (κ1) is 16.9. The van der Waals surface area contributed by atoms with Gasteiger partial charge in [0.15, 0.2) is 0 Å². The summed E-state index contributed by atoms with van der Waals surface area (Å²) >= 11 is 0. The van der Waals surface area contributed by atoms with Crippen molar-refractivity contribution in [3.8, 4) is 0 Å². The molecule has 132 valence electrons. The van der Waals surface area contributed by atoms with E-state index in [1.54, 1.807) is 13.1 Å². The number of carbonyl (C=O) groups excluding carboxylic acids is 1. The van der Waals surface area contributed by atoms with E-state index >= 15 is 0 Å². The molecular formula is C16H20N6O3. The molecule has 0 radical (unpaired) electrons. The van der Waals surface area contributed by atoms with Crippen LogP contribution in [-0.4, -0.2) is 44.8 Å². The van der Waals surface area contributed by atoms with E-state index in [1.807, 2.05) is 0 Å². The van der Waals surface area contributed by atoms with Crippen molar-refractivity contribution >= 4 is 11.7 Å². The fourth-order valence-electron chi connectivity index (χ4n) is 2.95. The molecule has 0 bridgehead atoms. The van der Waals surface area contributed by atoms with E-state index in [9.17, 15) is 14.4 Å². The predicted octanol–water partition coefficient (Wildman–Crippen LogP) is -0.347. The molecule has 1 unspecified atom stereocenters. The van der Waals surface area contributed by atoms with Crippen LogP contribution in [0.2, 0.25) is 0 Å². The highest BCUT2D eigenvalue weighted by Crippen LogP contribution is 2.21. The molecule has 1 fully saturated rings. The first-order chi connectivity index (χ1) is 12.0. The van der Waals surface area contributed by atoms with Crippen LogP contribution < -0.4 is 21.3 Å². The molecular weight excluding hydrogens is 324 g/mol. The Labute approximate surface area is 143 Å². The number of aromatic nitrogens is 4. The van der Waals surface area contributed by atoms with Crippen LogP contribution in [0.15, 0.2) is 34.1 Å². The number of piperidine rings is 1. The SMILES string of the molecule is Cn1nc(N2CCCCC2CNC(=O)c2cc(=O)[nH]cn2)ccc1=O. The summed E-state index contributed by atoms with van der Waals surface area (Å²) in [5, 5.41) is 7.13. The summed E-state index contributed by atoms with van der Waals surface area (Å²) in [6.45, 7) is 1.23. The summed E-state index contributed by atoms with van der Waals surface area (Å²) in [6.07, 6.45) is 4.21. The number of nitrogens with one attached hydrogen (secondary N) is 2. The minimum absolute atomic E-state index is 0.0738. The molecule has 1 atom stereocenters. The van der Waals surface area contributed by atoms with Gasteiger partial charge >= 0.3 is 0 Å². The summed E-state index contributed by atoms with van der Waals surface area (Å²) in [5.41, 5.74) is -0.439. The van der Waals surface area contributed by atoms with Gasteiger partial charge in [-0.1, -0.05) is 0 Å². The molecule has 0 aromatic carbocycles. The van der Waals surface area contributed by atoms with Gasteiger partial charge in [0.25, 0.3) is 17.0 Å². The number of nitrogens with zero attached hydrogens (tertiary/aromatic N) is 4. The molecule has 2 aromatic rings. The molecule has 1 aliphatic heterocycles. The Morgan fingerprint density at radius 2 is 2.20 bits per heavy atom. The molecule has 1 aliphatic rings. The Kier molecular flexibility index (Phi) is 4.92. The smallest absolute Gasteiger partial charge is 0.270 e. The fraction of sp³-hybridized carbons (Fsp3) is 0.438. The highest BCUT2D eigenvalue weighted by atomic mass is 16.2. The van der Waals surface area contributed by atoms with E-state index in [0.717, 1.165) is 31.6 Å². The molecule has 0 aliphatic carbocycles. The maximum Gasteiger partial charge on any atom is 0.270 e. The zero-order valence-electron chi connectivity index (χ0n) is 13.9. The van der Waals surface area contributed by atoms with Gasteiger partial charge in [-0.2, -0.15) is 5.10 Å². The van der Waals surface area contributed by atoms with E-state index in [2.05, 4.69) is 25.3 Å². The Morgan fingerprint density at radius 1 is 1.36 bits per heavy atom. The molecule has 9 nitrogen and oxygen atoms in total. The second-order valence-electron chi connectivity index (χ2n) is 6.00. The van der Waals surface area contributed by atoms with Crippen LogP contribution in [0.25, 0.3) is 0 Å². The second-order valence-corrected chi connectivity index (χ2v) is 6.00. The Hall–Kier alpha value is -2.97. The van der Waals surface area contributed by atoms with Crippen LogP contribution in [0.5, 0.6) is 0 Å². The molecule has 2 N–H and O–H groups in total. The van der Waals surface area contributed by atoms with Gasteiger partial charge in [0.1, 0.15) is 11.5 Å². The minimum Gasteiger partial charge on any atom is -0.350 e. The lowest BCUT2D eigenvalue weighted by Crippen LogP contribution is -2.47. The predicted molar refractivity (Wildman–Crippen MR) is 91.7 cm³/mol. The van der Waals surface area contributed by atoms with Crippen molar-refractivity contribution in [2.45, 2.75) is 25.3 Å². The van der Waals surface area contributed by atoms with Gasteiger partial charge < -0.3 is 15.2 Å². The largest absolute Gasteiger partial charge is 0.350 e. The third-order valence-electron chi connectivity index (χ3n) is 4.28. The van der Waals surface area contributed by atoms with Gasteiger partial charge in [0.05, 0.1) is 6.33 Å². The standard InChI is InChI=1S/C16H20N6O3/c1-21-15(24)6-5-13(20-21)22-7-3-2-4-11(22)9-17-16(25)12-8-14(23)19-10-18-12/h5-6,8,10-11H,2-4,7,9H2,1H3,(H,17,25)(H,18,19,23). The molecule has 0 saturated carbocycles. The summed E-state index contributed by atoms with van der Waals surface area (Å²) < 4.78 is 1.31.